The van der Waals surface area contributed by atoms with E-state index in [1.807, 2.05) is 0 Å². The highest BCUT2D eigenvalue weighted by molar-refractivity contribution is 7.79. The van der Waals surface area contributed by atoms with Crippen molar-refractivity contribution in [2.45, 2.75) is 19.2 Å². The first-order valence-electron chi connectivity index (χ1n) is 5.83. The molecule has 0 spiro atoms. The molecule has 2 rings (SSSR count). The molecule has 0 atom stereocenters. The lowest BCUT2D eigenvalue weighted by atomic mass is 10.2. The van der Waals surface area contributed by atoms with E-state index in [0.717, 1.165) is 24.4 Å². The second kappa shape index (κ2) is 5.10. The summed E-state index contributed by atoms with van der Waals surface area (Å²) in [5.41, 5.74) is 3.54. The van der Waals surface area contributed by atoms with Gasteiger partial charge in [-0.3, -0.25) is 0 Å². The van der Waals surface area contributed by atoms with Gasteiger partial charge < -0.3 is 9.47 Å². The maximum absolute atomic E-state index is 4.64. The molecule has 1 aromatic carbocycles. The minimum atomic E-state index is 0.682. The average molecular weight is 249 g/mol. The highest BCUT2D eigenvalue weighted by Crippen LogP contribution is 2.18. The first kappa shape index (κ1) is 12.5. The summed E-state index contributed by atoms with van der Waals surface area (Å²) in [5.74, 6) is 1.73. The molecule has 0 aliphatic rings. The zero-order valence-electron chi connectivity index (χ0n) is 10.6. The van der Waals surface area contributed by atoms with Crippen molar-refractivity contribution >= 4 is 23.7 Å². The Kier molecular flexibility index (Phi) is 3.74. The predicted molar refractivity (Wildman–Crippen MR) is 75.7 cm³/mol. The van der Waals surface area contributed by atoms with Crippen LogP contribution in [0.5, 0.6) is 0 Å². The number of benzene rings is 1. The molecule has 3 nitrogen and oxygen atoms in total. The van der Waals surface area contributed by atoms with E-state index >= 15 is 0 Å². The van der Waals surface area contributed by atoms with Gasteiger partial charge in [-0.2, -0.15) is 12.6 Å². The highest BCUT2D eigenvalue weighted by Gasteiger charge is 2.09. The van der Waals surface area contributed by atoms with E-state index in [-0.39, 0.29) is 0 Å². The Balaban J connectivity index is 2.43. The molecule has 17 heavy (non-hydrogen) atoms. The van der Waals surface area contributed by atoms with Gasteiger partial charge in [-0.15, -0.1) is 0 Å². The van der Waals surface area contributed by atoms with Crippen LogP contribution in [0, 0.1) is 6.92 Å². The highest BCUT2D eigenvalue weighted by atomic mass is 32.1. The smallest absolute Gasteiger partial charge is 0.119 e. The molecule has 0 N–H and O–H groups in total. The van der Waals surface area contributed by atoms with Gasteiger partial charge in [-0.05, 0) is 38.7 Å². The van der Waals surface area contributed by atoms with Gasteiger partial charge >= 0.3 is 0 Å². The topological polar surface area (TPSA) is 21.1 Å². The fraction of sp³-hybridized carbons (Fsp3) is 0.462. The predicted octanol–water partition coefficient (Wildman–Crippen LogP) is 2.34. The zero-order valence-corrected chi connectivity index (χ0v) is 11.5. The maximum Gasteiger partial charge on any atom is 0.119 e. The molecule has 0 aliphatic heterocycles. The third-order valence-electron chi connectivity index (χ3n) is 2.90. The van der Waals surface area contributed by atoms with Gasteiger partial charge in [-0.1, -0.05) is 6.07 Å². The number of aryl methyl sites for hydroxylation is 1. The van der Waals surface area contributed by atoms with Crippen LogP contribution < -0.4 is 0 Å². The Morgan fingerprint density at radius 3 is 2.76 bits per heavy atom. The normalized spacial score (nSPS) is 11.6. The zero-order chi connectivity index (χ0) is 12.4. The molecule has 0 unspecified atom stereocenters. The van der Waals surface area contributed by atoms with Crippen LogP contribution >= 0.6 is 12.6 Å². The molecule has 0 saturated carbocycles. The number of likely N-dealkylation sites (N-methyl/N-ethyl adjacent to an activating group) is 1. The molecular formula is C13H19N3S. The van der Waals surface area contributed by atoms with Crippen molar-refractivity contribution in [2.75, 3.05) is 20.6 Å². The van der Waals surface area contributed by atoms with E-state index in [1.165, 1.54) is 11.1 Å². The molecular weight excluding hydrogens is 230 g/mol. The number of hydrogen-bond acceptors (Lipinski definition) is 3. The fourth-order valence-corrected chi connectivity index (χ4v) is 2.20. The van der Waals surface area contributed by atoms with Gasteiger partial charge in [0.15, 0.2) is 0 Å². The third kappa shape index (κ3) is 2.64. The van der Waals surface area contributed by atoms with Crippen LogP contribution in [0.2, 0.25) is 0 Å². The number of aromatic nitrogens is 2. The summed E-state index contributed by atoms with van der Waals surface area (Å²) in [5, 5.41) is 0. The average Bonchev–Trinajstić information content (AvgIpc) is 2.63. The largest absolute Gasteiger partial charge is 0.326 e. The summed E-state index contributed by atoms with van der Waals surface area (Å²) in [4.78, 5) is 6.82. The molecule has 4 heteroatoms. The number of nitrogens with zero attached hydrogens (tertiary/aromatic N) is 3. The lowest BCUT2D eigenvalue weighted by molar-refractivity contribution is 0.384. The van der Waals surface area contributed by atoms with Crippen LogP contribution in [-0.4, -0.2) is 35.1 Å². The Morgan fingerprint density at radius 2 is 2.12 bits per heavy atom. The Morgan fingerprint density at radius 1 is 1.35 bits per heavy atom. The van der Waals surface area contributed by atoms with Crippen LogP contribution in [0.3, 0.4) is 0 Å². The van der Waals surface area contributed by atoms with Crippen LogP contribution in [0.25, 0.3) is 11.0 Å². The molecule has 0 saturated heterocycles. The molecule has 1 heterocycles. The van der Waals surface area contributed by atoms with Gasteiger partial charge in [0, 0.05) is 18.8 Å². The molecule has 0 fully saturated rings. The number of imidazole rings is 1. The quantitative estimate of drug-likeness (QED) is 0.840. The van der Waals surface area contributed by atoms with Gasteiger partial charge in [-0.25, -0.2) is 4.98 Å². The van der Waals surface area contributed by atoms with Gasteiger partial charge in [0.2, 0.25) is 0 Å². The summed E-state index contributed by atoms with van der Waals surface area (Å²) >= 11 is 4.36. The molecule has 2 aromatic rings. The second-order valence-electron chi connectivity index (χ2n) is 4.63. The summed E-state index contributed by atoms with van der Waals surface area (Å²) in [6, 6.07) is 6.42. The van der Waals surface area contributed by atoms with E-state index in [9.17, 15) is 0 Å². The van der Waals surface area contributed by atoms with E-state index in [0.29, 0.717) is 5.75 Å². The molecule has 1 aromatic heterocycles. The number of rotatable bonds is 4. The Bertz CT molecular complexity index is 517. The summed E-state index contributed by atoms with van der Waals surface area (Å²) in [6.45, 7) is 4.07. The summed E-state index contributed by atoms with van der Waals surface area (Å²) in [6.07, 6.45) is 0. The summed E-state index contributed by atoms with van der Waals surface area (Å²) in [7, 11) is 4.17. The SMILES string of the molecule is Cc1ccc2c(c1)nc(CS)n2CCN(C)C. The van der Waals surface area contributed by atoms with Crippen molar-refractivity contribution < 1.29 is 0 Å². The van der Waals surface area contributed by atoms with E-state index < -0.39 is 0 Å². The first-order valence-corrected chi connectivity index (χ1v) is 6.46. The molecule has 0 aliphatic carbocycles. The van der Waals surface area contributed by atoms with Gasteiger partial charge in [0.25, 0.3) is 0 Å². The second-order valence-corrected chi connectivity index (χ2v) is 4.95. The van der Waals surface area contributed by atoms with Crippen molar-refractivity contribution in [1.29, 1.82) is 0 Å². The molecule has 0 radical (unpaired) electrons. The number of thiol groups is 1. The van der Waals surface area contributed by atoms with E-state index in [2.05, 4.69) is 66.3 Å². The van der Waals surface area contributed by atoms with E-state index in [1.54, 1.807) is 0 Å². The maximum atomic E-state index is 4.64. The number of hydrogen-bond donors (Lipinski definition) is 1. The van der Waals surface area contributed by atoms with Crippen LogP contribution in [0.1, 0.15) is 11.4 Å². The van der Waals surface area contributed by atoms with Crippen molar-refractivity contribution in [3.05, 3.63) is 29.6 Å². The van der Waals surface area contributed by atoms with Crippen molar-refractivity contribution in [3.8, 4) is 0 Å². The Labute approximate surface area is 108 Å². The van der Waals surface area contributed by atoms with Crippen LogP contribution in [-0.2, 0) is 12.3 Å². The molecule has 0 amide bonds. The van der Waals surface area contributed by atoms with Crippen LogP contribution in [0.15, 0.2) is 18.2 Å². The first-order chi connectivity index (χ1) is 8.11. The van der Waals surface area contributed by atoms with Crippen molar-refractivity contribution in [1.82, 2.24) is 14.5 Å². The van der Waals surface area contributed by atoms with Gasteiger partial charge in [0.1, 0.15) is 5.82 Å². The summed E-state index contributed by atoms with van der Waals surface area (Å²) < 4.78 is 2.27. The third-order valence-corrected chi connectivity index (χ3v) is 3.18. The minimum Gasteiger partial charge on any atom is -0.326 e. The number of fused-ring (bicyclic) bond motifs is 1. The van der Waals surface area contributed by atoms with Crippen molar-refractivity contribution in [3.63, 3.8) is 0 Å². The fourth-order valence-electron chi connectivity index (χ4n) is 1.96. The van der Waals surface area contributed by atoms with E-state index in [4.69, 9.17) is 0 Å². The van der Waals surface area contributed by atoms with Crippen LogP contribution in [0.4, 0.5) is 0 Å². The lowest BCUT2D eigenvalue weighted by Gasteiger charge is -2.12. The molecule has 92 valence electrons. The minimum absolute atomic E-state index is 0.682. The monoisotopic (exact) mass is 249 g/mol. The standard InChI is InChI=1S/C13H19N3S/c1-10-4-5-12-11(8-10)14-13(9-17)16(12)7-6-15(2)3/h4-5,8,17H,6-7,9H2,1-3H3. The van der Waals surface area contributed by atoms with Gasteiger partial charge in [0.05, 0.1) is 11.0 Å². The lowest BCUT2D eigenvalue weighted by Crippen LogP contribution is -2.19. The molecule has 0 bridgehead atoms. The van der Waals surface area contributed by atoms with Crippen molar-refractivity contribution in [2.24, 2.45) is 0 Å². The Hall–Kier alpha value is -1.00.